The van der Waals surface area contributed by atoms with Gasteiger partial charge in [-0.15, -0.1) is 0 Å². The summed E-state index contributed by atoms with van der Waals surface area (Å²) in [5.41, 5.74) is 2.49. The molecule has 0 saturated heterocycles. The van der Waals surface area contributed by atoms with Gasteiger partial charge in [0.05, 0.1) is 30.4 Å². The lowest BCUT2D eigenvalue weighted by Gasteiger charge is -2.22. The van der Waals surface area contributed by atoms with Crippen molar-refractivity contribution in [3.63, 3.8) is 0 Å². The average molecular weight is 480 g/mol. The number of alkyl halides is 3. The number of aryl methyl sites for hydroxylation is 2. The number of pyridine rings is 1. The number of fused-ring (bicyclic) bond motifs is 1. The van der Waals surface area contributed by atoms with E-state index in [-0.39, 0.29) is 5.92 Å². The second-order valence-electron chi connectivity index (χ2n) is 8.39. The molecule has 10 heteroatoms. The maximum Gasteiger partial charge on any atom is 0.416 e. The molecule has 180 valence electrons. The van der Waals surface area contributed by atoms with Gasteiger partial charge in [0.2, 0.25) is 5.88 Å². The molecule has 7 nitrogen and oxygen atoms in total. The second kappa shape index (κ2) is 9.01. The lowest BCUT2D eigenvalue weighted by molar-refractivity contribution is -0.137. The Morgan fingerprint density at radius 2 is 1.86 bits per heavy atom. The van der Waals surface area contributed by atoms with Gasteiger partial charge in [-0.1, -0.05) is 12.1 Å². The van der Waals surface area contributed by atoms with Crippen LogP contribution in [0.1, 0.15) is 52.9 Å². The molecule has 0 N–H and O–H groups in total. The monoisotopic (exact) mass is 480 g/mol. The Kier molecular flexibility index (Phi) is 5.88. The molecule has 0 unspecified atom stereocenters. The van der Waals surface area contributed by atoms with Crippen molar-refractivity contribution in [3.8, 4) is 11.6 Å². The zero-order valence-electron chi connectivity index (χ0n) is 19.2. The molecule has 5 rings (SSSR count). The predicted molar refractivity (Wildman–Crippen MR) is 124 cm³/mol. The van der Waals surface area contributed by atoms with Gasteiger partial charge in [0.15, 0.2) is 5.82 Å². The maximum atomic E-state index is 12.9. The van der Waals surface area contributed by atoms with Crippen molar-refractivity contribution in [3.05, 3.63) is 83.1 Å². The molecule has 1 aromatic carbocycles. The molecule has 1 aliphatic rings. The van der Waals surface area contributed by atoms with Crippen LogP contribution < -0.4 is 4.74 Å². The van der Waals surface area contributed by atoms with Gasteiger partial charge in [-0.25, -0.2) is 19.6 Å². The van der Waals surface area contributed by atoms with E-state index in [1.54, 1.807) is 25.6 Å². The quantitative estimate of drug-likeness (QED) is 0.388. The minimum absolute atomic E-state index is 0.100. The summed E-state index contributed by atoms with van der Waals surface area (Å²) in [5.74, 6) is 1.64. The summed E-state index contributed by atoms with van der Waals surface area (Å²) >= 11 is 0. The summed E-state index contributed by atoms with van der Waals surface area (Å²) in [5, 5.41) is 4.58. The number of aromatic nitrogens is 6. The molecule has 0 fully saturated rings. The Morgan fingerprint density at radius 1 is 1.06 bits per heavy atom. The van der Waals surface area contributed by atoms with Crippen LogP contribution in [0.5, 0.6) is 5.88 Å². The molecule has 1 aliphatic heterocycles. The van der Waals surface area contributed by atoms with Gasteiger partial charge < -0.3 is 9.30 Å². The highest BCUT2D eigenvalue weighted by Crippen LogP contribution is 2.35. The number of hydrogen-bond donors (Lipinski definition) is 0. The van der Waals surface area contributed by atoms with E-state index in [9.17, 15) is 13.2 Å². The lowest BCUT2D eigenvalue weighted by Crippen LogP contribution is -2.18. The van der Waals surface area contributed by atoms with E-state index in [1.165, 1.54) is 12.1 Å². The zero-order valence-corrected chi connectivity index (χ0v) is 19.2. The van der Waals surface area contributed by atoms with Crippen LogP contribution in [0.15, 0.2) is 48.9 Å². The number of hydrogen-bond acceptors (Lipinski definition) is 5. The van der Waals surface area contributed by atoms with Gasteiger partial charge in [0, 0.05) is 18.7 Å². The van der Waals surface area contributed by atoms with Gasteiger partial charge in [0.1, 0.15) is 11.5 Å². The van der Waals surface area contributed by atoms with Crippen LogP contribution in [0.3, 0.4) is 0 Å². The highest BCUT2D eigenvalue weighted by molar-refractivity contribution is 5.65. The summed E-state index contributed by atoms with van der Waals surface area (Å²) < 4.78 is 48.0. The van der Waals surface area contributed by atoms with E-state index in [0.29, 0.717) is 17.4 Å². The van der Waals surface area contributed by atoms with Crippen LogP contribution in [0, 0.1) is 6.92 Å². The molecule has 3 aromatic heterocycles. The fourth-order valence-electron chi connectivity index (χ4n) is 4.26. The fraction of sp³-hybridized carbons (Fsp3) is 0.280. The van der Waals surface area contributed by atoms with E-state index in [2.05, 4.69) is 20.1 Å². The molecular weight excluding hydrogens is 457 g/mol. The van der Waals surface area contributed by atoms with E-state index >= 15 is 0 Å². The van der Waals surface area contributed by atoms with E-state index in [4.69, 9.17) is 4.74 Å². The summed E-state index contributed by atoms with van der Waals surface area (Å²) in [6, 6.07) is 9.09. The van der Waals surface area contributed by atoms with Crippen LogP contribution in [0.25, 0.3) is 17.8 Å². The number of rotatable bonds is 5. The van der Waals surface area contributed by atoms with E-state index in [0.717, 1.165) is 54.3 Å². The molecule has 4 heterocycles. The molecule has 0 aliphatic carbocycles. The number of benzene rings is 1. The summed E-state index contributed by atoms with van der Waals surface area (Å²) in [6.45, 7) is 2.63. The normalized spacial score (nSPS) is 16.0. The Balaban J connectivity index is 1.38. The number of ether oxygens (including phenoxy) is 1. The topological polar surface area (TPSA) is 70.7 Å². The van der Waals surface area contributed by atoms with Gasteiger partial charge >= 0.3 is 6.18 Å². The molecule has 0 radical (unpaired) electrons. The minimum Gasteiger partial charge on any atom is -0.479 e. The fourth-order valence-corrected chi connectivity index (χ4v) is 4.26. The zero-order chi connectivity index (χ0) is 24.6. The number of nitrogens with zero attached hydrogens (tertiary/aromatic N) is 6. The minimum atomic E-state index is -4.35. The molecular formula is C25H23F3N6O. The highest BCUT2D eigenvalue weighted by Gasteiger charge is 2.31. The number of halogens is 3. The van der Waals surface area contributed by atoms with Crippen molar-refractivity contribution < 1.29 is 17.9 Å². The molecule has 0 spiro atoms. The first kappa shape index (κ1) is 22.8. The second-order valence-corrected chi connectivity index (χ2v) is 8.39. The smallest absolute Gasteiger partial charge is 0.416 e. The standard InChI is InChI=1S/C25H23F3N6O/c1-16-14-33(15-29-16)21-11-9-19(30-24(21)35-2)10-12-22-31-23-20(4-3-13-34(23)32-22)17-5-7-18(8-6-17)25(26,27)28/h5-12,14-15,20H,3-4,13H2,1-2H3/t20-/m0/s1. The summed E-state index contributed by atoms with van der Waals surface area (Å²) in [6.07, 6.45) is 4.51. The van der Waals surface area contributed by atoms with Crippen molar-refractivity contribution in [2.24, 2.45) is 0 Å². The largest absolute Gasteiger partial charge is 0.479 e. The highest BCUT2D eigenvalue weighted by atomic mass is 19.4. The summed E-state index contributed by atoms with van der Waals surface area (Å²) in [4.78, 5) is 13.5. The third kappa shape index (κ3) is 4.68. The SMILES string of the molecule is COc1nc(C=Cc2nc3n(n2)CCC[C@H]3c2ccc(C(F)(F)F)cc2)ccc1-n1cnc(C)c1. The predicted octanol–water partition coefficient (Wildman–Crippen LogP) is 5.29. The van der Waals surface area contributed by atoms with E-state index < -0.39 is 11.7 Å². The lowest BCUT2D eigenvalue weighted by atomic mass is 9.90. The van der Waals surface area contributed by atoms with Crippen molar-refractivity contribution in [2.75, 3.05) is 7.11 Å². The van der Waals surface area contributed by atoms with Gasteiger partial charge in [-0.3, -0.25) is 0 Å². The third-order valence-corrected chi connectivity index (χ3v) is 5.98. The average Bonchev–Trinajstić information content (AvgIpc) is 3.47. The Labute approximate surface area is 199 Å². The maximum absolute atomic E-state index is 12.9. The molecule has 0 bridgehead atoms. The molecule has 1 atom stereocenters. The summed E-state index contributed by atoms with van der Waals surface area (Å²) in [7, 11) is 1.56. The first-order chi connectivity index (χ1) is 16.8. The third-order valence-electron chi connectivity index (χ3n) is 5.98. The van der Waals surface area contributed by atoms with Crippen molar-refractivity contribution in [1.29, 1.82) is 0 Å². The Hall–Kier alpha value is -3.95. The van der Waals surface area contributed by atoms with Crippen LogP contribution in [-0.2, 0) is 12.7 Å². The van der Waals surface area contributed by atoms with Crippen LogP contribution in [-0.4, -0.2) is 36.4 Å². The van der Waals surface area contributed by atoms with E-state index in [1.807, 2.05) is 34.5 Å². The molecule has 0 amide bonds. The first-order valence-electron chi connectivity index (χ1n) is 11.2. The van der Waals surface area contributed by atoms with Crippen LogP contribution in [0.2, 0.25) is 0 Å². The van der Waals surface area contributed by atoms with Gasteiger partial charge in [-0.2, -0.15) is 18.3 Å². The van der Waals surface area contributed by atoms with Crippen LogP contribution >= 0.6 is 0 Å². The Morgan fingerprint density at radius 3 is 2.54 bits per heavy atom. The molecule has 0 saturated carbocycles. The first-order valence-corrected chi connectivity index (χ1v) is 11.2. The van der Waals surface area contributed by atoms with Crippen molar-refractivity contribution in [1.82, 2.24) is 29.3 Å². The van der Waals surface area contributed by atoms with Crippen LogP contribution in [0.4, 0.5) is 13.2 Å². The molecule has 35 heavy (non-hydrogen) atoms. The van der Waals surface area contributed by atoms with Crippen molar-refractivity contribution in [2.45, 2.75) is 38.4 Å². The van der Waals surface area contributed by atoms with Gasteiger partial charge in [-0.05, 0) is 61.7 Å². The number of imidazole rings is 1. The van der Waals surface area contributed by atoms with Gasteiger partial charge in [0.25, 0.3) is 0 Å². The Bertz CT molecular complexity index is 1370. The molecule has 4 aromatic rings. The van der Waals surface area contributed by atoms with Crippen molar-refractivity contribution >= 4 is 12.2 Å². The number of methoxy groups -OCH3 is 1.